The first kappa shape index (κ1) is 15.8. The molecule has 0 unspecified atom stereocenters. The molecule has 7 nitrogen and oxygen atoms in total. The van der Waals surface area contributed by atoms with Gasteiger partial charge in [0, 0.05) is 56.5 Å². The molecule has 1 aromatic rings. The van der Waals surface area contributed by atoms with Gasteiger partial charge in [-0.05, 0) is 13.8 Å². The van der Waals surface area contributed by atoms with E-state index in [1.54, 1.807) is 13.8 Å². The Hall–Kier alpha value is -1.57. The Kier molecular flexibility index (Phi) is 4.87. The molecule has 7 heteroatoms. The largest absolute Gasteiger partial charge is 0.388 e. The summed E-state index contributed by atoms with van der Waals surface area (Å²) in [6.07, 6.45) is 2.71. The summed E-state index contributed by atoms with van der Waals surface area (Å²) >= 11 is 0. The number of rotatable bonds is 5. The van der Waals surface area contributed by atoms with Crippen LogP contribution in [0, 0.1) is 24.0 Å². The maximum atomic E-state index is 11.1. The molecule has 0 bridgehead atoms. The Labute approximate surface area is 123 Å². The minimum Gasteiger partial charge on any atom is -0.388 e. The molecule has 1 saturated heterocycles. The van der Waals surface area contributed by atoms with Gasteiger partial charge in [0.2, 0.25) is 0 Å². The average molecular weight is 295 g/mol. The highest BCUT2D eigenvalue weighted by Gasteiger charge is 2.29. The van der Waals surface area contributed by atoms with Crippen LogP contribution < -0.4 is 5.32 Å². The summed E-state index contributed by atoms with van der Waals surface area (Å²) in [5, 5.41) is 24.6. The molecule has 1 aliphatic rings. The number of aryl methyl sites for hydroxylation is 1. The maximum Gasteiger partial charge on any atom is 0.278 e. The van der Waals surface area contributed by atoms with Crippen LogP contribution >= 0.6 is 0 Å². The first-order chi connectivity index (χ1) is 9.93. The van der Waals surface area contributed by atoms with E-state index in [-0.39, 0.29) is 10.6 Å². The van der Waals surface area contributed by atoms with Crippen molar-refractivity contribution < 1.29 is 14.8 Å². The minimum atomic E-state index is -0.761. The Morgan fingerprint density at radius 1 is 1.48 bits per heavy atom. The van der Waals surface area contributed by atoms with Crippen LogP contribution in [0.1, 0.15) is 29.7 Å². The summed E-state index contributed by atoms with van der Waals surface area (Å²) in [4.78, 5) is 15.0. The molecule has 116 valence electrons. The molecule has 21 heavy (non-hydrogen) atoms. The van der Waals surface area contributed by atoms with E-state index in [1.165, 1.54) is 6.20 Å². The summed E-state index contributed by atoms with van der Waals surface area (Å²) in [6, 6.07) is 0. The van der Waals surface area contributed by atoms with Crippen molar-refractivity contribution in [1.29, 1.82) is 0 Å². The van der Waals surface area contributed by atoms with E-state index in [0.717, 1.165) is 0 Å². The monoisotopic (exact) mass is 295 g/mol. The highest BCUT2D eigenvalue weighted by Crippen LogP contribution is 2.24. The summed E-state index contributed by atoms with van der Waals surface area (Å²) in [6.45, 7) is 5.34. The molecule has 0 aromatic carbocycles. The molecule has 0 aliphatic carbocycles. The number of aromatic nitrogens is 1. The van der Waals surface area contributed by atoms with Crippen LogP contribution in [0.4, 0.5) is 5.69 Å². The van der Waals surface area contributed by atoms with Gasteiger partial charge in [-0.2, -0.15) is 0 Å². The fourth-order valence-corrected chi connectivity index (χ4v) is 2.57. The second-order valence-electron chi connectivity index (χ2n) is 5.56. The average Bonchev–Trinajstić information content (AvgIpc) is 2.42. The molecule has 0 saturated carbocycles. The van der Waals surface area contributed by atoms with Crippen molar-refractivity contribution in [3.8, 4) is 0 Å². The number of hydrogen-bond acceptors (Lipinski definition) is 6. The van der Waals surface area contributed by atoms with Gasteiger partial charge >= 0.3 is 0 Å². The molecule has 1 fully saturated rings. The lowest BCUT2D eigenvalue weighted by molar-refractivity contribution is -0.386. The Balaban J connectivity index is 2.00. The molecule has 0 spiro atoms. The Morgan fingerprint density at radius 3 is 2.76 bits per heavy atom. The van der Waals surface area contributed by atoms with Gasteiger partial charge in [-0.3, -0.25) is 15.1 Å². The molecule has 0 amide bonds. The summed E-state index contributed by atoms with van der Waals surface area (Å²) in [5.74, 6) is 0. The number of nitrogens with zero attached hydrogens (tertiary/aromatic N) is 2. The molecule has 1 aliphatic heterocycles. The predicted molar refractivity (Wildman–Crippen MR) is 77.1 cm³/mol. The van der Waals surface area contributed by atoms with Gasteiger partial charge in [0.15, 0.2) is 0 Å². The molecule has 2 N–H and O–H groups in total. The smallest absolute Gasteiger partial charge is 0.278 e. The third-order valence-electron chi connectivity index (χ3n) is 3.93. The summed E-state index contributed by atoms with van der Waals surface area (Å²) in [7, 11) is 0. The van der Waals surface area contributed by atoms with E-state index in [2.05, 4.69) is 10.3 Å². The number of pyridine rings is 1. The molecule has 0 atom stereocenters. The summed E-state index contributed by atoms with van der Waals surface area (Å²) < 4.78 is 5.23. The third-order valence-corrected chi connectivity index (χ3v) is 3.93. The van der Waals surface area contributed by atoms with Gasteiger partial charge in [0.05, 0.1) is 16.2 Å². The van der Waals surface area contributed by atoms with E-state index < -0.39 is 5.60 Å². The van der Waals surface area contributed by atoms with Crippen molar-refractivity contribution in [2.45, 2.75) is 38.8 Å². The van der Waals surface area contributed by atoms with Crippen LogP contribution in [0.15, 0.2) is 6.20 Å². The van der Waals surface area contributed by atoms with Crippen molar-refractivity contribution in [1.82, 2.24) is 10.3 Å². The van der Waals surface area contributed by atoms with Crippen LogP contribution in [-0.4, -0.2) is 40.4 Å². The lowest BCUT2D eigenvalue weighted by Crippen LogP contribution is -2.44. The van der Waals surface area contributed by atoms with Gasteiger partial charge in [0.1, 0.15) is 0 Å². The number of nitrogens with one attached hydrogen (secondary N) is 1. The van der Waals surface area contributed by atoms with Gasteiger partial charge in [-0.25, -0.2) is 0 Å². The third kappa shape index (κ3) is 3.75. The molecule has 0 radical (unpaired) electrons. The highest BCUT2D eigenvalue weighted by molar-refractivity contribution is 5.47. The van der Waals surface area contributed by atoms with Crippen molar-refractivity contribution >= 4 is 5.69 Å². The SMILES string of the molecule is Cc1cnc(CNCC2(O)CCOCC2)c(C)c1[N+](=O)[O-]. The topological polar surface area (TPSA) is 97.5 Å². The minimum absolute atomic E-state index is 0.117. The van der Waals surface area contributed by atoms with Crippen LogP contribution in [0.2, 0.25) is 0 Å². The quantitative estimate of drug-likeness (QED) is 0.626. The van der Waals surface area contributed by atoms with E-state index >= 15 is 0 Å². The van der Waals surface area contributed by atoms with Crippen molar-refractivity contribution in [3.05, 3.63) is 33.1 Å². The van der Waals surface area contributed by atoms with E-state index in [1.807, 2.05) is 0 Å². The van der Waals surface area contributed by atoms with Crippen LogP contribution in [0.3, 0.4) is 0 Å². The Morgan fingerprint density at radius 2 is 2.14 bits per heavy atom. The van der Waals surface area contributed by atoms with Gasteiger partial charge in [-0.1, -0.05) is 0 Å². The first-order valence-electron chi connectivity index (χ1n) is 7.03. The first-order valence-corrected chi connectivity index (χ1v) is 7.03. The standard InChI is InChI=1S/C14H21N3O4/c1-10-7-16-12(11(2)13(10)17(19)20)8-15-9-14(18)3-5-21-6-4-14/h7,15,18H,3-6,8-9H2,1-2H3. The van der Waals surface area contributed by atoms with Crippen LogP contribution in [-0.2, 0) is 11.3 Å². The molecule has 1 aromatic heterocycles. The van der Waals surface area contributed by atoms with E-state index in [4.69, 9.17) is 4.74 Å². The maximum absolute atomic E-state index is 11.1. The Bertz CT molecular complexity index is 527. The van der Waals surface area contributed by atoms with Gasteiger partial charge in [0.25, 0.3) is 5.69 Å². The second kappa shape index (κ2) is 6.46. The number of aliphatic hydroxyl groups is 1. The van der Waals surface area contributed by atoms with Crippen molar-refractivity contribution in [3.63, 3.8) is 0 Å². The summed E-state index contributed by atoms with van der Waals surface area (Å²) in [5.41, 5.74) is 1.13. The number of hydrogen-bond donors (Lipinski definition) is 2. The normalized spacial score (nSPS) is 17.7. The molecular formula is C14H21N3O4. The second-order valence-corrected chi connectivity index (χ2v) is 5.56. The zero-order valence-corrected chi connectivity index (χ0v) is 12.4. The fourth-order valence-electron chi connectivity index (χ4n) is 2.57. The van der Waals surface area contributed by atoms with Gasteiger partial charge < -0.3 is 15.2 Å². The van der Waals surface area contributed by atoms with Crippen LogP contribution in [0.5, 0.6) is 0 Å². The molecule has 2 heterocycles. The predicted octanol–water partition coefficient (Wildman–Crippen LogP) is 1.24. The van der Waals surface area contributed by atoms with E-state index in [0.29, 0.717) is 56.0 Å². The zero-order chi connectivity index (χ0) is 15.5. The molecular weight excluding hydrogens is 274 g/mol. The lowest BCUT2D eigenvalue weighted by Gasteiger charge is -2.32. The zero-order valence-electron chi connectivity index (χ0n) is 12.4. The van der Waals surface area contributed by atoms with E-state index in [9.17, 15) is 15.2 Å². The van der Waals surface area contributed by atoms with Crippen molar-refractivity contribution in [2.24, 2.45) is 0 Å². The van der Waals surface area contributed by atoms with Crippen molar-refractivity contribution in [2.75, 3.05) is 19.8 Å². The highest BCUT2D eigenvalue weighted by atomic mass is 16.6. The fraction of sp³-hybridized carbons (Fsp3) is 0.643. The lowest BCUT2D eigenvalue weighted by atomic mass is 9.94. The molecule has 2 rings (SSSR count). The number of ether oxygens (including phenoxy) is 1. The number of nitro groups is 1. The van der Waals surface area contributed by atoms with Gasteiger partial charge in [-0.15, -0.1) is 0 Å². The van der Waals surface area contributed by atoms with Crippen LogP contribution in [0.25, 0.3) is 0 Å².